The summed E-state index contributed by atoms with van der Waals surface area (Å²) in [5.74, 6) is 0.120. The van der Waals surface area contributed by atoms with E-state index in [-0.39, 0.29) is 27.2 Å². The third kappa shape index (κ3) is 4.21. The maximum absolute atomic E-state index is 12.4. The van der Waals surface area contributed by atoms with Crippen LogP contribution in [0.5, 0.6) is 5.75 Å². The molecule has 0 aliphatic carbocycles. The molecule has 0 bridgehead atoms. The summed E-state index contributed by atoms with van der Waals surface area (Å²) in [5.41, 5.74) is 7.16. The number of aromatic hydroxyl groups is 1. The predicted octanol–water partition coefficient (Wildman–Crippen LogP) is 4.55. The first kappa shape index (κ1) is 19.6. The van der Waals surface area contributed by atoms with E-state index in [1.165, 1.54) is 30.5 Å². The Labute approximate surface area is 166 Å². The van der Waals surface area contributed by atoms with Crippen LogP contribution in [0, 0.1) is 6.92 Å². The van der Waals surface area contributed by atoms with Crippen molar-refractivity contribution in [2.45, 2.75) is 11.8 Å². The summed E-state index contributed by atoms with van der Waals surface area (Å²) in [7, 11) is -3.77. The van der Waals surface area contributed by atoms with E-state index in [0.717, 1.165) is 0 Å². The van der Waals surface area contributed by atoms with Gasteiger partial charge in [-0.1, -0.05) is 17.7 Å². The number of nitrogens with zero attached hydrogens (tertiary/aromatic N) is 3. The topological polar surface area (TPSA) is 130 Å². The molecule has 0 saturated heterocycles. The molecule has 0 aliphatic rings. The van der Waals surface area contributed by atoms with Gasteiger partial charge in [0.2, 0.25) is 0 Å². The fourth-order valence-electron chi connectivity index (χ4n) is 2.27. The highest BCUT2D eigenvalue weighted by atomic mass is 35.5. The highest BCUT2D eigenvalue weighted by Gasteiger charge is 2.15. The summed E-state index contributed by atoms with van der Waals surface area (Å²) < 4.78 is 27.2. The molecule has 28 heavy (non-hydrogen) atoms. The molecule has 4 N–H and O–H groups in total. The summed E-state index contributed by atoms with van der Waals surface area (Å²) in [4.78, 5) is 3.99. The van der Waals surface area contributed by atoms with Crippen molar-refractivity contribution < 1.29 is 13.5 Å². The molecule has 0 atom stereocenters. The average Bonchev–Trinajstić information content (AvgIpc) is 2.69. The molecule has 0 fully saturated rings. The molecule has 8 nitrogen and oxygen atoms in total. The second-order valence-corrected chi connectivity index (χ2v) is 7.86. The Hall–Kier alpha value is -3.17. The van der Waals surface area contributed by atoms with Gasteiger partial charge < -0.3 is 10.8 Å². The Morgan fingerprint density at radius 3 is 2.50 bits per heavy atom. The number of nitrogen functional groups attached to an aromatic ring is 1. The van der Waals surface area contributed by atoms with Crippen molar-refractivity contribution in [3.63, 3.8) is 0 Å². The molecule has 0 aliphatic heterocycles. The maximum Gasteiger partial charge on any atom is 0.263 e. The minimum absolute atomic E-state index is 0.0102. The molecule has 0 spiro atoms. The van der Waals surface area contributed by atoms with E-state index < -0.39 is 10.0 Å². The third-order valence-corrected chi connectivity index (χ3v) is 5.52. The molecule has 2 aromatic carbocycles. The van der Waals surface area contributed by atoms with E-state index in [1.54, 1.807) is 31.2 Å². The minimum atomic E-state index is -3.77. The first-order valence-corrected chi connectivity index (χ1v) is 9.87. The number of azo groups is 1. The molecule has 0 radical (unpaired) electrons. The molecule has 1 aromatic heterocycles. The van der Waals surface area contributed by atoms with Gasteiger partial charge >= 0.3 is 0 Å². The monoisotopic (exact) mass is 417 g/mol. The molecule has 3 aromatic rings. The van der Waals surface area contributed by atoms with Gasteiger partial charge in [-0.25, -0.2) is 13.4 Å². The SMILES string of the molecule is Cc1cc(/N=N/c2ccc(S(=O)(=O)Nc3ccccn3)cc2)c(N)c(Cl)c1O. The van der Waals surface area contributed by atoms with E-state index >= 15 is 0 Å². The Morgan fingerprint density at radius 1 is 1.14 bits per heavy atom. The molecule has 144 valence electrons. The van der Waals surface area contributed by atoms with Crippen LogP contribution in [0.15, 0.2) is 69.9 Å². The van der Waals surface area contributed by atoms with Crippen LogP contribution in [0.3, 0.4) is 0 Å². The fourth-order valence-corrected chi connectivity index (χ4v) is 3.52. The highest BCUT2D eigenvalue weighted by molar-refractivity contribution is 7.92. The zero-order valence-electron chi connectivity index (χ0n) is 14.7. The normalized spacial score (nSPS) is 11.6. The fraction of sp³-hybridized carbons (Fsp3) is 0.0556. The van der Waals surface area contributed by atoms with Crippen LogP contribution in [-0.2, 0) is 10.0 Å². The number of benzene rings is 2. The van der Waals surface area contributed by atoms with Gasteiger partial charge in [0, 0.05) is 6.20 Å². The second kappa shape index (κ2) is 7.83. The van der Waals surface area contributed by atoms with Gasteiger partial charge in [-0.3, -0.25) is 4.72 Å². The van der Waals surface area contributed by atoms with E-state index in [1.807, 2.05) is 0 Å². The first-order chi connectivity index (χ1) is 13.3. The molecule has 0 amide bonds. The average molecular weight is 418 g/mol. The first-order valence-electron chi connectivity index (χ1n) is 8.01. The Balaban J connectivity index is 1.81. The predicted molar refractivity (Wildman–Crippen MR) is 108 cm³/mol. The van der Waals surface area contributed by atoms with Crippen LogP contribution in [-0.4, -0.2) is 18.5 Å². The van der Waals surface area contributed by atoms with Gasteiger partial charge in [-0.15, -0.1) is 5.11 Å². The van der Waals surface area contributed by atoms with Crippen molar-refractivity contribution in [2.75, 3.05) is 10.5 Å². The van der Waals surface area contributed by atoms with Crippen molar-refractivity contribution in [1.29, 1.82) is 0 Å². The van der Waals surface area contributed by atoms with Gasteiger partial charge in [0.05, 0.1) is 16.3 Å². The largest absolute Gasteiger partial charge is 0.506 e. The molecular formula is C18H16ClN5O3S. The zero-order chi connectivity index (χ0) is 20.3. The summed E-state index contributed by atoms with van der Waals surface area (Å²) >= 11 is 5.95. The van der Waals surface area contributed by atoms with Crippen LogP contribution in [0.4, 0.5) is 22.9 Å². The van der Waals surface area contributed by atoms with E-state index in [2.05, 4.69) is 19.9 Å². The Morgan fingerprint density at radius 2 is 1.86 bits per heavy atom. The Kier molecular flexibility index (Phi) is 5.48. The van der Waals surface area contributed by atoms with Gasteiger partial charge in [0.1, 0.15) is 22.3 Å². The van der Waals surface area contributed by atoms with Crippen molar-refractivity contribution in [3.05, 3.63) is 65.3 Å². The highest BCUT2D eigenvalue weighted by Crippen LogP contribution is 2.39. The van der Waals surface area contributed by atoms with Crippen molar-refractivity contribution in [3.8, 4) is 5.75 Å². The number of nitrogens with two attached hydrogens (primary N) is 1. The van der Waals surface area contributed by atoms with E-state index in [9.17, 15) is 13.5 Å². The van der Waals surface area contributed by atoms with Crippen LogP contribution in [0.25, 0.3) is 0 Å². The quantitative estimate of drug-likeness (QED) is 0.414. The van der Waals surface area contributed by atoms with Crippen molar-refractivity contribution in [2.24, 2.45) is 10.2 Å². The number of sulfonamides is 1. The molecule has 0 saturated carbocycles. The minimum Gasteiger partial charge on any atom is -0.506 e. The molecule has 3 rings (SSSR count). The van der Waals surface area contributed by atoms with Crippen molar-refractivity contribution >= 4 is 44.5 Å². The van der Waals surface area contributed by atoms with Crippen molar-refractivity contribution in [1.82, 2.24) is 4.98 Å². The number of nitrogens with one attached hydrogen (secondary N) is 1. The number of aryl methyl sites for hydroxylation is 1. The van der Waals surface area contributed by atoms with E-state index in [0.29, 0.717) is 16.9 Å². The summed E-state index contributed by atoms with van der Waals surface area (Å²) in [5, 5.41) is 17.8. The number of aromatic nitrogens is 1. The lowest BCUT2D eigenvalue weighted by molar-refractivity contribution is 0.472. The molecular weight excluding hydrogens is 402 g/mol. The summed E-state index contributed by atoms with van der Waals surface area (Å²) in [6, 6.07) is 12.3. The van der Waals surface area contributed by atoms with Gasteiger partial charge in [0.15, 0.2) is 0 Å². The number of pyridine rings is 1. The smallest absolute Gasteiger partial charge is 0.263 e. The lowest BCUT2D eigenvalue weighted by Gasteiger charge is -2.08. The lowest BCUT2D eigenvalue weighted by atomic mass is 10.2. The van der Waals surface area contributed by atoms with E-state index in [4.69, 9.17) is 17.3 Å². The molecule has 0 unspecified atom stereocenters. The number of phenolic OH excluding ortho intramolecular Hbond substituents is 1. The van der Waals surface area contributed by atoms with Crippen LogP contribution >= 0.6 is 11.6 Å². The van der Waals surface area contributed by atoms with Gasteiger partial charge in [-0.05, 0) is 55.0 Å². The number of hydrogen-bond donors (Lipinski definition) is 3. The van der Waals surface area contributed by atoms with Gasteiger partial charge in [0.25, 0.3) is 10.0 Å². The van der Waals surface area contributed by atoms with Gasteiger partial charge in [-0.2, -0.15) is 5.11 Å². The zero-order valence-corrected chi connectivity index (χ0v) is 16.2. The number of phenols is 1. The maximum atomic E-state index is 12.4. The molecule has 1 heterocycles. The standard InChI is InChI=1S/C18H16ClN5O3S/c1-11-10-14(17(20)16(19)18(11)25)23-22-12-5-7-13(8-6-12)28(26,27)24-15-4-2-3-9-21-15/h2-10,25H,20H2,1H3,(H,21,24)/b23-22+. The second-order valence-electron chi connectivity index (χ2n) is 5.80. The lowest BCUT2D eigenvalue weighted by Crippen LogP contribution is -2.13. The summed E-state index contributed by atoms with van der Waals surface area (Å²) in [6.45, 7) is 1.66. The number of halogens is 1. The van der Waals surface area contributed by atoms with Crippen LogP contribution in [0.1, 0.15) is 5.56 Å². The molecule has 10 heteroatoms. The van der Waals surface area contributed by atoms with Crippen LogP contribution in [0.2, 0.25) is 5.02 Å². The summed E-state index contributed by atoms with van der Waals surface area (Å²) in [6.07, 6.45) is 1.49. The third-order valence-electron chi connectivity index (χ3n) is 3.77. The Bertz CT molecular complexity index is 1130. The number of hydrogen-bond acceptors (Lipinski definition) is 7. The number of anilines is 2. The number of rotatable bonds is 5. The van der Waals surface area contributed by atoms with Crippen LogP contribution < -0.4 is 10.5 Å².